The van der Waals surface area contributed by atoms with Crippen LogP contribution in [-0.2, 0) is 10.0 Å². The van der Waals surface area contributed by atoms with Gasteiger partial charge in [-0.1, -0.05) is 11.3 Å². The van der Waals surface area contributed by atoms with Gasteiger partial charge < -0.3 is 5.32 Å². The molecule has 8 nitrogen and oxygen atoms in total. The summed E-state index contributed by atoms with van der Waals surface area (Å²) in [7, 11) is -0.662. The van der Waals surface area contributed by atoms with Crippen LogP contribution in [0.1, 0.15) is 15.4 Å². The maximum atomic E-state index is 12.5. The molecule has 0 aliphatic rings. The molecule has 2 N–H and O–H groups in total. The van der Waals surface area contributed by atoms with E-state index in [9.17, 15) is 13.2 Å². The molecule has 160 valence electrons. The molecule has 31 heavy (non-hydrogen) atoms. The summed E-state index contributed by atoms with van der Waals surface area (Å²) >= 11 is 8.29. The lowest BCUT2D eigenvalue weighted by atomic mass is 10.2. The van der Waals surface area contributed by atoms with Crippen molar-refractivity contribution < 1.29 is 13.2 Å². The Morgan fingerprint density at radius 2 is 1.61 bits per heavy atom. The molecular formula is C19H17N5O3S4. The van der Waals surface area contributed by atoms with Crippen molar-refractivity contribution in [2.75, 3.05) is 19.4 Å². The first-order valence-corrected chi connectivity index (χ1v) is 12.4. The summed E-state index contributed by atoms with van der Waals surface area (Å²) < 4.78 is 27.5. The zero-order chi connectivity index (χ0) is 22.3. The summed E-state index contributed by atoms with van der Waals surface area (Å²) in [6.07, 6.45) is 0. The fraction of sp³-hybridized carbons (Fsp3) is 0.158. The highest BCUT2D eigenvalue weighted by atomic mass is 32.2. The summed E-state index contributed by atoms with van der Waals surface area (Å²) in [5.41, 5.74) is 2.05. The maximum Gasteiger partial charge on any atom is 0.257 e. The van der Waals surface area contributed by atoms with Crippen molar-refractivity contribution in [2.24, 2.45) is 0 Å². The van der Waals surface area contributed by atoms with Crippen molar-refractivity contribution >= 4 is 81.5 Å². The number of aryl methyl sites for hydroxylation is 1. The molecular weight excluding hydrogens is 475 g/mol. The van der Waals surface area contributed by atoms with E-state index < -0.39 is 15.9 Å². The Kier molecular flexibility index (Phi) is 5.75. The maximum absolute atomic E-state index is 12.5. The van der Waals surface area contributed by atoms with Crippen LogP contribution in [0.5, 0.6) is 0 Å². The van der Waals surface area contributed by atoms with E-state index >= 15 is 0 Å². The number of amides is 1. The van der Waals surface area contributed by atoms with E-state index in [1.165, 1.54) is 49.7 Å². The SMILES string of the molecule is Cc1nc2ccc3nc(NC(=S)NC(=O)c4ccc(S(=O)(=O)N(C)C)cc4)sc3c2s1. The molecule has 0 spiro atoms. The Labute approximate surface area is 192 Å². The van der Waals surface area contributed by atoms with Crippen LogP contribution < -0.4 is 10.6 Å². The second-order valence-corrected chi connectivity index (χ2v) is 11.5. The first-order chi connectivity index (χ1) is 14.6. The Balaban J connectivity index is 1.47. The molecule has 12 heteroatoms. The third-order valence-corrected chi connectivity index (χ3v) is 8.53. The highest BCUT2D eigenvalue weighted by molar-refractivity contribution is 7.89. The molecule has 1 amide bonds. The van der Waals surface area contributed by atoms with Gasteiger partial charge >= 0.3 is 0 Å². The van der Waals surface area contributed by atoms with Crippen molar-refractivity contribution in [3.8, 4) is 0 Å². The van der Waals surface area contributed by atoms with Crippen LogP contribution in [0.25, 0.3) is 20.4 Å². The van der Waals surface area contributed by atoms with Gasteiger partial charge in [0, 0.05) is 19.7 Å². The quantitative estimate of drug-likeness (QED) is 0.420. The highest BCUT2D eigenvalue weighted by Gasteiger charge is 2.18. The molecule has 0 aliphatic heterocycles. The van der Waals surface area contributed by atoms with Gasteiger partial charge in [-0.05, 0) is 55.5 Å². The summed E-state index contributed by atoms with van der Waals surface area (Å²) in [6.45, 7) is 1.96. The van der Waals surface area contributed by atoms with Crippen LogP contribution in [0.3, 0.4) is 0 Å². The molecule has 4 aromatic rings. The fourth-order valence-electron chi connectivity index (χ4n) is 2.83. The molecule has 2 aromatic carbocycles. The minimum atomic E-state index is -3.56. The van der Waals surface area contributed by atoms with E-state index in [1.54, 1.807) is 11.3 Å². The number of carbonyl (C=O) groups is 1. The van der Waals surface area contributed by atoms with Crippen LogP contribution in [0.15, 0.2) is 41.3 Å². The van der Waals surface area contributed by atoms with Gasteiger partial charge in [0.2, 0.25) is 10.0 Å². The lowest BCUT2D eigenvalue weighted by Crippen LogP contribution is -2.34. The van der Waals surface area contributed by atoms with Gasteiger partial charge in [0.25, 0.3) is 5.91 Å². The van der Waals surface area contributed by atoms with Gasteiger partial charge in [0.05, 0.1) is 30.3 Å². The number of nitrogens with zero attached hydrogens (tertiary/aromatic N) is 3. The van der Waals surface area contributed by atoms with Crippen molar-refractivity contribution in [1.82, 2.24) is 19.6 Å². The third-order valence-electron chi connectivity index (χ3n) is 4.36. The molecule has 0 saturated heterocycles. The zero-order valence-electron chi connectivity index (χ0n) is 16.7. The second-order valence-electron chi connectivity index (χ2n) is 6.73. The Bertz CT molecular complexity index is 1420. The number of nitrogens with one attached hydrogen (secondary N) is 2. The van der Waals surface area contributed by atoms with Gasteiger partial charge in [0.1, 0.15) is 0 Å². The average Bonchev–Trinajstić information content (AvgIpc) is 3.29. The molecule has 2 heterocycles. The zero-order valence-corrected chi connectivity index (χ0v) is 19.9. The molecule has 0 radical (unpaired) electrons. The number of benzene rings is 2. The van der Waals surface area contributed by atoms with Crippen molar-refractivity contribution in [3.63, 3.8) is 0 Å². The number of hydrogen-bond donors (Lipinski definition) is 2. The van der Waals surface area contributed by atoms with Gasteiger partial charge in [-0.15, -0.1) is 11.3 Å². The predicted molar refractivity (Wildman–Crippen MR) is 129 cm³/mol. The first-order valence-electron chi connectivity index (χ1n) is 8.97. The summed E-state index contributed by atoms with van der Waals surface area (Å²) in [4.78, 5) is 21.6. The number of thiazole rings is 2. The third kappa shape index (κ3) is 4.29. The van der Waals surface area contributed by atoms with Gasteiger partial charge in [0.15, 0.2) is 10.2 Å². The van der Waals surface area contributed by atoms with Crippen LogP contribution in [0, 0.1) is 6.92 Å². The van der Waals surface area contributed by atoms with Gasteiger partial charge in [-0.3, -0.25) is 10.1 Å². The summed E-state index contributed by atoms with van der Waals surface area (Å²) in [5.74, 6) is -0.451. The number of sulfonamides is 1. The molecule has 2 aromatic heterocycles. The number of hydrogen-bond acceptors (Lipinski definition) is 8. The molecule has 0 aliphatic carbocycles. The lowest BCUT2D eigenvalue weighted by molar-refractivity contribution is 0.0977. The number of thiocarbonyl (C=S) groups is 1. The van der Waals surface area contributed by atoms with E-state index in [-0.39, 0.29) is 15.6 Å². The van der Waals surface area contributed by atoms with Crippen LogP contribution in [0.2, 0.25) is 0 Å². The molecule has 0 bridgehead atoms. The number of anilines is 1. The monoisotopic (exact) mass is 491 g/mol. The largest absolute Gasteiger partial charge is 0.308 e. The summed E-state index contributed by atoms with van der Waals surface area (Å²) in [6, 6.07) is 9.49. The molecule has 0 atom stereocenters. The van der Waals surface area contributed by atoms with Crippen molar-refractivity contribution in [2.45, 2.75) is 11.8 Å². The second kappa shape index (κ2) is 8.20. The molecule has 0 fully saturated rings. The molecule has 0 unspecified atom stereocenters. The minimum Gasteiger partial charge on any atom is -0.308 e. The summed E-state index contributed by atoms with van der Waals surface area (Å²) in [5, 5.41) is 7.18. The van der Waals surface area contributed by atoms with Crippen LogP contribution >= 0.6 is 34.9 Å². The van der Waals surface area contributed by atoms with E-state index in [4.69, 9.17) is 12.2 Å². The van der Waals surface area contributed by atoms with Gasteiger partial charge in [-0.2, -0.15) is 0 Å². The molecule has 0 saturated carbocycles. The number of fused-ring (bicyclic) bond motifs is 3. The molecule has 4 rings (SSSR count). The minimum absolute atomic E-state index is 0.103. The number of rotatable bonds is 4. The number of carbonyl (C=O) groups excluding carboxylic acids is 1. The fourth-order valence-corrected chi connectivity index (χ4v) is 6.00. The Hall–Kier alpha value is -2.51. The van der Waals surface area contributed by atoms with Crippen LogP contribution in [0.4, 0.5) is 5.13 Å². The average molecular weight is 492 g/mol. The predicted octanol–water partition coefficient (Wildman–Crippen LogP) is 3.59. The van der Waals surface area contributed by atoms with E-state index in [0.29, 0.717) is 5.13 Å². The van der Waals surface area contributed by atoms with E-state index in [1.807, 2.05) is 19.1 Å². The Morgan fingerprint density at radius 1 is 1.00 bits per heavy atom. The normalized spacial score (nSPS) is 11.9. The van der Waals surface area contributed by atoms with Crippen LogP contribution in [-0.4, -0.2) is 47.8 Å². The smallest absolute Gasteiger partial charge is 0.257 e. The number of aromatic nitrogens is 2. The lowest BCUT2D eigenvalue weighted by Gasteiger charge is -2.12. The first kappa shape index (κ1) is 21.7. The highest BCUT2D eigenvalue weighted by Crippen LogP contribution is 2.35. The van der Waals surface area contributed by atoms with E-state index in [0.717, 1.165) is 29.7 Å². The standard InChI is InChI=1S/C19H17N5O3S4/c1-10-20-13-8-9-14-16(15(13)29-10)30-19(21-14)23-18(28)22-17(25)11-4-6-12(7-5-11)31(26,27)24(2)3/h4-9H,1-3H3,(H2,21,22,23,25,28). The Morgan fingerprint density at radius 3 is 2.26 bits per heavy atom. The van der Waals surface area contributed by atoms with Gasteiger partial charge in [-0.25, -0.2) is 22.7 Å². The van der Waals surface area contributed by atoms with Crippen molar-refractivity contribution in [3.05, 3.63) is 47.0 Å². The van der Waals surface area contributed by atoms with Crippen molar-refractivity contribution in [1.29, 1.82) is 0 Å². The van der Waals surface area contributed by atoms with E-state index in [2.05, 4.69) is 20.6 Å². The topological polar surface area (TPSA) is 104 Å².